The van der Waals surface area contributed by atoms with Crippen molar-refractivity contribution in [2.45, 2.75) is 219 Å². The van der Waals surface area contributed by atoms with Crippen LogP contribution in [0.2, 0.25) is 0 Å². The first-order valence-corrected chi connectivity index (χ1v) is 20.3. The molecule has 6 nitrogen and oxygen atoms in total. The van der Waals surface area contributed by atoms with Crippen molar-refractivity contribution in [1.29, 1.82) is 0 Å². The Balaban J connectivity index is 3.88. The minimum atomic E-state index is -4.30. The van der Waals surface area contributed by atoms with E-state index in [2.05, 4.69) is 19.2 Å². The average Bonchev–Trinajstić information content (AvgIpc) is 2.96. The lowest BCUT2D eigenvalue weighted by molar-refractivity contribution is -0.122. The van der Waals surface area contributed by atoms with Crippen LogP contribution in [0.5, 0.6) is 0 Å². The number of unbranched alkanes of at least 4 members (excludes halogenated alkanes) is 26. The molecule has 0 aliphatic carbocycles. The normalized spacial score (nSPS) is 13.3. The van der Waals surface area contributed by atoms with Gasteiger partial charge in [0.1, 0.15) is 0 Å². The van der Waals surface area contributed by atoms with Gasteiger partial charge >= 0.3 is 0 Å². The van der Waals surface area contributed by atoms with Crippen LogP contribution in [0.4, 0.5) is 0 Å². The van der Waals surface area contributed by atoms with E-state index in [1.165, 1.54) is 141 Å². The summed E-state index contributed by atoms with van der Waals surface area (Å²) in [6.07, 6.45) is 34.7. The monoisotopic (exact) mass is 632 g/mol. The maximum atomic E-state index is 12.5. The van der Waals surface area contributed by atoms with Crippen LogP contribution in [0.15, 0.2) is 0 Å². The fraction of sp³-hybridized carbons (Fsp3) is 0.972. The molecule has 0 saturated heterocycles. The van der Waals surface area contributed by atoms with E-state index in [0.717, 1.165) is 38.5 Å². The Morgan fingerprint density at radius 3 is 1.16 bits per heavy atom. The van der Waals surface area contributed by atoms with E-state index in [9.17, 15) is 22.9 Å². The van der Waals surface area contributed by atoms with Crippen LogP contribution < -0.4 is 5.32 Å². The molecule has 2 unspecified atom stereocenters. The molecular weight excluding hydrogens is 558 g/mol. The Morgan fingerprint density at radius 1 is 0.535 bits per heavy atom. The summed E-state index contributed by atoms with van der Waals surface area (Å²) < 4.78 is 32.4. The maximum Gasteiger partial charge on any atom is 0.266 e. The first-order chi connectivity index (χ1) is 20.8. The van der Waals surface area contributed by atoms with Crippen LogP contribution in [0, 0.1) is 0 Å². The maximum absolute atomic E-state index is 12.5. The molecule has 3 N–H and O–H groups in total. The van der Waals surface area contributed by atoms with E-state index in [1.54, 1.807) is 0 Å². The van der Waals surface area contributed by atoms with Crippen LogP contribution in [0.1, 0.15) is 206 Å². The Bertz CT molecular complexity index is 700. The van der Waals surface area contributed by atoms with E-state index in [0.29, 0.717) is 12.8 Å². The van der Waals surface area contributed by atoms with Gasteiger partial charge in [-0.3, -0.25) is 9.35 Å². The molecule has 0 saturated carbocycles. The molecule has 7 heteroatoms. The number of hydrogen-bond donors (Lipinski definition) is 3. The van der Waals surface area contributed by atoms with Gasteiger partial charge in [0.2, 0.25) is 5.91 Å². The summed E-state index contributed by atoms with van der Waals surface area (Å²) in [7, 11) is -4.30. The predicted octanol–water partition coefficient (Wildman–Crippen LogP) is 10.5. The zero-order valence-corrected chi connectivity index (χ0v) is 29.4. The van der Waals surface area contributed by atoms with Crippen LogP contribution in [0.25, 0.3) is 0 Å². The molecule has 43 heavy (non-hydrogen) atoms. The van der Waals surface area contributed by atoms with E-state index >= 15 is 0 Å². The van der Waals surface area contributed by atoms with Crippen LogP contribution in [-0.2, 0) is 14.9 Å². The lowest BCUT2D eigenvalue weighted by atomic mass is 10.0. The van der Waals surface area contributed by atoms with E-state index < -0.39 is 28.0 Å². The highest BCUT2D eigenvalue weighted by atomic mass is 32.2. The molecule has 2 atom stereocenters. The number of carbonyl (C=O) groups excluding carboxylic acids is 1. The molecule has 0 aromatic heterocycles. The molecule has 0 radical (unpaired) electrons. The van der Waals surface area contributed by atoms with Gasteiger partial charge in [0, 0.05) is 6.42 Å². The fourth-order valence-electron chi connectivity index (χ4n) is 5.98. The molecule has 0 aliphatic heterocycles. The molecule has 0 fully saturated rings. The van der Waals surface area contributed by atoms with Crippen molar-refractivity contribution < 1.29 is 22.9 Å². The number of nitrogens with one attached hydrogen (secondary N) is 1. The molecule has 0 aromatic rings. The van der Waals surface area contributed by atoms with Gasteiger partial charge in [-0.2, -0.15) is 8.42 Å². The first kappa shape index (κ1) is 42.3. The Labute approximate surface area is 268 Å². The summed E-state index contributed by atoms with van der Waals surface area (Å²) in [4.78, 5) is 12.5. The van der Waals surface area contributed by atoms with Crippen LogP contribution in [0.3, 0.4) is 0 Å². The lowest BCUT2D eigenvalue weighted by Gasteiger charge is -2.23. The second kappa shape index (κ2) is 31.3. The molecule has 258 valence electrons. The lowest BCUT2D eigenvalue weighted by Crippen LogP contribution is -2.47. The number of carbonyl (C=O) groups is 1. The summed E-state index contributed by atoms with van der Waals surface area (Å²) in [6, 6.07) is -0.962. The highest BCUT2D eigenvalue weighted by Crippen LogP contribution is 2.16. The van der Waals surface area contributed by atoms with Gasteiger partial charge in [0.25, 0.3) is 10.1 Å². The molecule has 0 bridgehead atoms. The number of rotatable bonds is 34. The number of aliphatic hydroxyl groups excluding tert-OH is 1. The summed E-state index contributed by atoms with van der Waals surface area (Å²) in [5.74, 6) is -0.885. The molecule has 0 spiro atoms. The third-order valence-electron chi connectivity index (χ3n) is 8.81. The SMILES string of the molecule is CCCCCCCCCCCCCCCCC(=O)NC(CS(=O)(=O)O)C(O)CCCCCCCCCCCCCCCC. The summed E-state index contributed by atoms with van der Waals surface area (Å²) in [5.41, 5.74) is 0. The van der Waals surface area contributed by atoms with Gasteiger partial charge < -0.3 is 10.4 Å². The standard InChI is InChI=1S/C36H73NO5S/c1-3-5-7-9-11-13-15-17-19-21-23-25-27-29-31-35(38)34(33-43(40,41)42)37-36(39)32-30-28-26-24-22-20-18-16-14-12-10-8-6-4-2/h34-35,38H,3-33H2,1-2H3,(H,37,39)(H,40,41,42). The predicted molar refractivity (Wildman–Crippen MR) is 184 cm³/mol. The second-order valence-electron chi connectivity index (χ2n) is 13.2. The van der Waals surface area contributed by atoms with Crippen molar-refractivity contribution in [1.82, 2.24) is 5.32 Å². The van der Waals surface area contributed by atoms with E-state index in [1.807, 2.05) is 0 Å². The quantitative estimate of drug-likeness (QED) is 0.0484. The summed E-state index contributed by atoms with van der Waals surface area (Å²) in [5, 5.41) is 13.3. The molecule has 0 aromatic carbocycles. The van der Waals surface area contributed by atoms with E-state index in [4.69, 9.17) is 0 Å². The molecule has 0 heterocycles. The van der Waals surface area contributed by atoms with Crippen molar-refractivity contribution in [3.63, 3.8) is 0 Å². The van der Waals surface area contributed by atoms with Gasteiger partial charge in [0.05, 0.1) is 17.9 Å². The van der Waals surface area contributed by atoms with Crippen LogP contribution >= 0.6 is 0 Å². The second-order valence-corrected chi connectivity index (χ2v) is 14.7. The molecule has 0 aliphatic rings. The Hall–Kier alpha value is -0.660. The topological polar surface area (TPSA) is 104 Å². The molecular formula is C36H73NO5S. The minimum Gasteiger partial charge on any atom is -0.391 e. The first-order valence-electron chi connectivity index (χ1n) is 18.7. The molecule has 1 amide bonds. The van der Waals surface area contributed by atoms with Crippen molar-refractivity contribution in [2.75, 3.05) is 5.75 Å². The largest absolute Gasteiger partial charge is 0.391 e. The third-order valence-corrected chi connectivity index (χ3v) is 9.59. The van der Waals surface area contributed by atoms with E-state index in [-0.39, 0.29) is 5.91 Å². The van der Waals surface area contributed by atoms with Crippen LogP contribution in [-0.4, -0.2) is 41.9 Å². The fourth-order valence-corrected chi connectivity index (χ4v) is 6.74. The smallest absolute Gasteiger partial charge is 0.266 e. The highest BCUT2D eigenvalue weighted by molar-refractivity contribution is 7.85. The minimum absolute atomic E-state index is 0.243. The average molecular weight is 632 g/mol. The number of aliphatic hydroxyl groups is 1. The van der Waals surface area contributed by atoms with Crippen molar-refractivity contribution >= 4 is 16.0 Å². The van der Waals surface area contributed by atoms with Crippen molar-refractivity contribution in [3.8, 4) is 0 Å². The van der Waals surface area contributed by atoms with Crippen molar-refractivity contribution in [2.24, 2.45) is 0 Å². The zero-order chi connectivity index (χ0) is 31.9. The Kier molecular flexibility index (Phi) is 30.8. The molecule has 0 rings (SSSR count). The number of amides is 1. The zero-order valence-electron chi connectivity index (χ0n) is 28.6. The van der Waals surface area contributed by atoms with Gasteiger partial charge in [-0.1, -0.05) is 187 Å². The third kappa shape index (κ3) is 32.5. The van der Waals surface area contributed by atoms with Gasteiger partial charge in [-0.25, -0.2) is 0 Å². The number of hydrogen-bond acceptors (Lipinski definition) is 4. The van der Waals surface area contributed by atoms with Crippen molar-refractivity contribution in [3.05, 3.63) is 0 Å². The van der Waals surface area contributed by atoms with Gasteiger partial charge in [0.15, 0.2) is 0 Å². The Morgan fingerprint density at radius 2 is 0.837 bits per heavy atom. The summed E-state index contributed by atoms with van der Waals surface area (Å²) >= 11 is 0. The summed E-state index contributed by atoms with van der Waals surface area (Å²) in [6.45, 7) is 4.51. The van der Waals surface area contributed by atoms with Gasteiger partial charge in [-0.05, 0) is 12.8 Å². The van der Waals surface area contributed by atoms with Gasteiger partial charge in [-0.15, -0.1) is 0 Å². The highest BCUT2D eigenvalue weighted by Gasteiger charge is 2.26.